The molecule has 0 fully saturated rings. The molecule has 1 N–H and O–H groups in total. The van der Waals surface area contributed by atoms with Crippen molar-refractivity contribution in [2.24, 2.45) is 0 Å². The van der Waals surface area contributed by atoms with E-state index in [1.807, 2.05) is 50.2 Å². The number of aryl methyl sites for hydroxylation is 3. The van der Waals surface area contributed by atoms with Crippen molar-refractivity contribution in [3.8, 4) is 0 Å². The summed E-state index contributed by atoms with van der Waals surface area (Å²) in [5, 5.41) is 3.54. The van der Waals surface area contributed by atoms with E-state index in [2.05, 4.69) is 5.32 Å². The number of nitrogens with zero attached hydrogens (tertiary/aromatic N) is 1. The van der Waals surface area contributed by atoms with Crippen LogP contribution in [0.4, 0.5) is 5.69 Å². The summed E-state index contributed by atoms with van der Waals surface area (Å²) in [4.78, 5) is 12.6. The second-order valence-electron chi connectivity index (χ2n) is 7.05. The number of halogens is 1. The van der Waals surface area contributed by atoms with Gasteiger partial charge in [-0.1, -0.05) is 35.9 Å². The van der Waals surface area contributed by atoms with Crippen LogP contribution in [-0.4, -0.2) is 33.2 Å². The van der Waals surface area contributed by atoms with Gasteiger partial charge >= 0.3 is 0 Å². The van der Waals surface area contributed by atoms with Gasteiger partial charge in [-0.15, -0.1) is 0 Å². The number of hydrogen-bond donors (Lipinski definition) is 1. The highest BCUT2D eigenvalue weighted by Gasteiger charge is 2.29. The molecule has 1 amide bonds. The zero-order valence-electron chi connectivity index (χ0n) is 16.7. The smallest absolute Gasteiger partial charge is 0.243 e. The average Bonchev–Trinajstić information content (AvgIpc) is 2.62. The minimum Gasteiger partial charge on any atom is -0.354 e. The molecule has 7 heteroatoms. The molecule has 0 bridgehead atoms. The fraction of sp³-hybridized carbons (Fsp3) is 0.381. The maximum Gasteiger partial charge on any atom is 0.243 e. The Balaban J connectivity index is 2.03. The summed E-state index contributed by atoms with van der Waals surface area (Å²) < 4.78 is 26.0. The van der Waals surface area contributed by atoms with Gasteiger partial charge in [0.2, 0.25) is 15.9 Å². The number of carbonyl (C=O) groups is 1. The van der Waals surface area contributed by atoms with Gasteiger partial charge in [0, 0.05) is 11.6 Å². The standard InChI is InChI=1S/C21H27ClN2O3S/c1-15-7-8-16(2)20(14-15)24(28(4,26)27)17(3)21(25)23-13-5-6-18-9-11-19(22)12-10-18/h7-12,14,17H,5-6,13H2,1-4H3,(H,23,25)/t17-/m1/s1. The Morgan fingerprint density at radius 3 is 2.39 bits per heavy atom. The van der Waals surface area contributed by atoms with Crippen molar-refractivity contribution in [1.29, 1.82) is 0 Å². The van der Waals surface area contributed by atoms with Crippen LogP contribution < -0.4 is 9.62 Å². The molecule has 0 unspecified atom stereocenters. The van der Waals surface area contributed by atoms with Crippen LogP contribution in [0.25, 0.3) is 0 Å². The maximum atomic E-state index is 12.6. The van der Waals surface area contributed by atoms with Crippen molar-refractivity contribution in [1.82, 2.24) is 5.32 Å². The van der Waals surface area contributed by atoms with Crippen LogP contribution in [0.15, 0.2) is 42.5 Å². The molecule has 0 saturated heterocycles. The monoisotopic (exact) mass is 422 g/mol. The van der Waals surface area contributed by atoms with Crippen LogP contribution in [0.3, 0.4) is 0 Å². The van der Waals surface area contributed by atoms with Gasteiger partial charge in [0.05, 0.1) is 11.9 Å². The van der Waals surface area contributed by atoms with E-state index in [0.717, 1.165) is 35.8 Å². The lowest BCUT2D eigenvalue weighted by Crippen LogP contribution is -2.48. The number of carbonyl (C=O) groups excluding carboxylic acids is 1. The van der Waals surface area contributed by atoms with Crippen LogP contribution >= 0.6 is 11.6 Å². The lowest BCUT2D eigenvalue weighted by Gasteiger charge is -2.29. The summed E-state index contributed by atoms with van der Waals surface area (Å²) in [5.41, 5.74) is 3.41. The highest BCUT2D eigenvalue weighted by atomic mass is 35.5. The first-order chi connectivity index (χ1) is 13.1. The molecular weight excluding hydrogens is 396 g/mol. The predicted molar refractivity (Wildman–Crippen MR) is 115 cm³/mol. The molecule has 0 aliphatic heterocycles. The Hall–Kier alpha value is -2.05. The van der Waals surface area contributed by atoms with Gasteiger partial charge in [-0.3, -0.25) is 9.10 Å². The molecule has 152 valence electrons. The summed E-state index contributed by atoms with van der Waals surface area (Å²) in [6.45, 7) is 5.81. The number of anilines is 1. The summed E-state index contributed by atoms with van der Waals surface area (Å²) in [6.07, 6.45) is 2.68. The van der Waals surface area contributed by atoms with E-state index in [9.17, 15) is 13.2 Å². The van der Waals surface area contributed by atoms with Crippen LogP contribution in [0, 0.1) is 13.8 Å². The lowest BCUT2D eigenvalue weighted by atomic mass is 10.1. The molecule has 0 aromatic heterocycles. The van der Waals surface area contributed by atoms with Crippen LogP contribution in [0.2, 0.25) is 5.02 Å². The molecular formula is C21H27ClN2O3S. The highest BCUT2D eigenvalue weighted by Crippen LogP contribution is 2.26. The van der Waals surface area contributed by atoms with Gasteiger partial charge in [0.15, 0.2) is 0 Å². The molecule has 28 heavy (non-hydrogen) atoms. The molecule has 2 aromatic rings. The van der Waals surface area contributed by atoms with E-state index < -0.39 is 16.1 Å². The van der Waals surface area contributed by atoms with E-state index >= 15 is 0 Å². The van der Waals surface area contributed by atoms with E-state index in [0.29, 0.717) is 17.3 Å². The summed E-state index contributed by atoms with van der Waals surface area (Å²) in [5.74, 6) is -0.317. The number of nitrogens with one attached hydrogen (secondary N) is 1. The second kappa shape index (κ2) is 9.43. The van der Waals surface area contributed by atoms with Crippen molar-refractivity contribution in [2.45, 2.75) is 39.7 Å². The van der Waals surface area contributed by atoms with Gasteiger partial charge in [0.1, 0.15) is 6.04 Å². The molecule has 2 aromatic carbocycles. The van der Waals surface area contributed by atoms with E-state index in [1.54, 1.807) is 13.0 Å². The zero-order valence-corrected chi connectivity index (χ0v) is 18.3. The van der Waals surface area contributed by atoms with Gasteiger partial charge in [-0.2, -0.15) is 0 Å². The third-order valence-corrected chi connectivity index (χ3v) is 6.02. The Kier molecular flexibility index (Phi) is 7.49. The summed E-state index contributed by atoms with van der Waals surface area (Å²) in [7, 11) is -3.62. The van der Waals surface area contributed by atoms with E-state index in [-0.39, 0.29) is 5.91 Å². The topological polar surface area (TPSA) is 66.5 Å². The SMILES string of the molecule is Cc1ccc(C)c(N([C@H](C)C(=O)NCCCc2ccc(Cl)cc2)S(C)(=O)=O)c1. The fourth-order valence-corrected chi connectivity index (χ4v) is 4.39. The third-order valence-electron chi connectivity index (χ3n) is 4.55. The van der Waals surface area contributed by atoms with Crippen LogP contribution in [0.5, 0.6) is 0 Å². The van der Waals surface area contributed by atoms with Gasteiger partial charge in [-0.25, -0.2) is 8.42 Å². The third kappa shape index (κ3) is 5.97. The summed E-state index contributed by atoms with van der Waals surface area (Å²) in [6, 6.07) is 12.3. The van der Waals surface area contributed by atoms with Crippen molar-refractivity contribution in [2.75, 3.05) is 17.1 Å². The van der Waals surface area contributed by atoms with Crippen molar-refractivity contribution in [3.63, 3.8) is 0 Å². The fourth-order valence-electron chi connectivity index (χ4n) is 3.04. The first kappa shape index (κ1) is 22.2. The quantitative estimate of drug-likeness (QED) is 0.657. The molecule has 0 radical (unpaired) electrons. The van der Waals surface area contributed by atoms with Crippen molar-refractivity contribution >= 4 is 33.2 Å². The lowest BCUT2D eigenvalue weighted by molar-refractivity contribution is -0.121. The Labute approximate surface area is 172 Å². The number of sulfonamides is 1. The Morgan fingerprint density at radius 1 is 1.14 bits per heavy atom. The van der Waals surface area contributed by atoms with Crippen molar-refractivity contribution in [3.05, 3.63) is 64.2 Å². The number of rotatable bonds is 8. The molecule has 1 atom stereocenters. The first-order valence-electron chi connectivity index (χ1n) is 9.18. The maximum absolute atomic E-state index is 12.6. The van der Waals surface area contributed by atoms with Crippen LogP contribution in [0.1, 0.15) is 30.0 Å². The van der Waals surface area contributed by atoms with Crippen LogP contribution in [-0.2, 0) is 21.2 Å². The van der Waals surface area contributed by atoms with Crippen molar-refractivity contribution < 1.29 is 13.2 Å². The average molecular weight is 423 g/mol. The molecule has 2 rings (SSSR count). The Morgan fingerprint density at radius 2 is 1.79 bits per heavy atom. The first-order valence-corrected chi connectivity index (χ1v) is 11.4. The molecule has 5 nitrogen and oxygen atoms in total. The van der Waals surface area contributed by atoms with Gasteiger partial charge in [0.25, 0.3) is 0 Å². The number of hydrogen-bond acceptors (Lipinski definition) is 3. The Bertz CT molecular complexity index is 927. The molecule has 0 saturated carbocycles. The minimum atomic E-state index is -3.62. The zero-order chi connectivity index (χ0) is 20.9. The molecule has 0 spiro atoms. The normalized spacial score (nSPS) is 12.5. The van der Waals surface area contributed by atoms with Gasteiger partial charge in [-0.05, 0) is 68.5 Å². The molecule has 0 heterocycles. The van der Waals surface area contributed by atoms with E-state index in [1.165, 1.54) is 4.31 Å². The molecule has 0 aliphatic rings. The predicted octanol–water partition coefficient (Wildman–Crippen LogP) is 3.86. The minimum absolute atomic E-state index is 0.317. The van der Waals surface area contributed by atoms with Gasteiger partial charge < -0.3 is 5.32 Å². The summed E-state index contributed by atoms with van der Waals surface area (Å²) >= 11 is 5.88. The molecule has 0 aliphatic carbocycles. The highest BCUT2D eigenvalue weighted by molar-refractivity contribution is 7.92. The second-order valence-corrected chi connectivity index (χ2v) is 9.34. The number of benzene rings is 2. The van der Waals surface area contributed by atoms with E-state index in [4.69, 9.17) is 11.6 Å². The number of amides is 1. The largest absolute Gasteiger partial charge is 0.354 e.